The van der Waals surface area contributed by atoms with Crippen LogP contribution in [0.4, 0.5) is 19.3 Å². The summed E-state index contributed by atoms with van der Waals surface area (Å²) in [5, 5.41) is 39.6. The van der Waals surface area contributed by atoms with Crippen molar-refractivity contribution in [1.82, 2.24) is 15.8 Å². The van der Waals surface area contributed by atoms with Crippen LogP contribution in [-0.2, 0) is 0 Å². The number of hydrogen-bond acceptors (Lipinski definition) is 7. The number of carbonyl (C=O) groups excluding carboxylic acids is 1. The number of urea groups is 1. The molecule has 11 heteroatoms. The lowest BCUT2D eigenvalue weighted by Crippen LogP contribution is -2.66. The second kappa shape index (κ2) is 8.96. The van der Waals surface area contributed by atoms with E-state index >= 15 is 0 Å². The first-order chi connectivity index (χ1) is 16.7. The Morgan fingerprint density at radius 3 is 2.57 bits per heavy atom. The lowest BCUT2D eigenvalue weighted by atomic mass is 9.86. The van der Waals surface area contributed by atoms with E-state index in [1.807, 2.05) is 6.07 Å². The minimum atomic E-state index is -2.71. The number of alkyl halides is 2. The van der Waals surface area contributed by atoms with Crippen LogP contribution in [0.25, 0.3) is 0 Å². The molecule has 2 aromatic carbocycles. The summed E-state index contributed by atoms with van der Waals surface area (Å²) in [6.07, 6.45) is -4.09. The number of halogens is 2. The van der Waals surface area contributed by atoms with Gasteiger partial charge >= 0.3 is 6.03 Å². The van der Waals surface area contributed by atoms with Gasteiger partial charge in [0.1, 0.15) is 6.10 Å². The second-order valence-corrected chi connectivity index (χ2v) is 8.34. The minimum Gasteiger partial charge on any atom is -0.393 e. The number of nitrogens with zero attached hydrogens (tertiary/aromatic N) is 4. The molecule has 0 aromatic heterocycles. The molecule has 0 aliphatic carbocycles. The molecule has 2 amide bonds. The van der Waals surface area contributed by atoms with Crippen molar-refractivity contribution in [2.45, 2.75) is 38.2 Å². The van der Waals surface area contributed by atoms with E-state index in [1.54, 1.807) is 24.8 Å². The van der Waals surface area contributed by atoms with Gasteiger partial charge in [0.2, 0.25) is 0 Å². The molecule has 0 radical (unpaired) electrons. The van der Waals surface area contributed by atoms with Gasteiger partial charge in [-0.05, 0) is 49.2 Å². The maximum atomic E-state index is 13.4. The van der Waals surface area contributed by atoms with Crippen LogP contribution >= 0.6 is 0 Å². The highest BCUT2D eigenvalue weighted by atomic mass is 19.3. The summed E-state index contributed by atoms with van der Waals surface area (Å²) in [7, 11) is 0. The molecular formula is C24H22F2N6O3. The number of hydrazine groups is 1. The maximum Gasteiger partial charge on any atom is 0.335 e. The van der Waals surface area contributed by atoms with Crippen molar-refractivity contribution in [3.8, 4) is 12.1 Å². The molecule has 4 N–H and O–H groups in total. The van der Waals surface area contributed by atoms with E-state index in [4.69, 9.17) is 0 Å². The molecule has 0 saturated carbocycles. The number of carbonyl (C=O) groups is 1. The van der Waals surface area contributed by atoms with Crippen LogP contribution in [0.5, 0.6) is 0 Å². The zero-order chi connectivity index (χ0) is 25.5. The Morgan fingerprint density at radius 2 is 1.94 bits per heavy atom. The average Bonchev–Trinajstić information content (AvgIpc) is 3.16. The molecule has 35 heavy (non-hydrogen) atoms. The van der Waals surface area contributed by atoms with Crippen LogP contribution in [0.2, 0.25) is 0 Å². The molecular weight excluding hydrogens is 458 g/mol. The Labute approximate surface area is 200 Å². The molecule has 0 spiro atoms. The van der Waals surface area contributed by atoms with E-state index in [1.165, 1.54) is 41.3 Å². The maximum absolute atomic E-state index is 13.4. The Kier molecular flexibility index (Phi) is 6.17. The number of allylic oxidation sites excluding steroid dienone is 1. The molecule has 1 saturated heterocycles. The quantitative estimate of drug-likeness (QED) is 0.516. The molecule has 4 rings (SSSR count). The van der Waals surface area contributed by atoms with Gasteiger partial charge in [-0.3, -0.25) is 10.3 Å². The lowest BCUT2D eigenvalue weighted by Gasteiger charge is -2.51. The third-order valence-electron chi connectivity index (χ3n) is 6.33. The highest BCUT2D eigenvalue weighted by Crippen LogP contribution is 2.47. The topological polar surface area (TPSA) is 136 Å². The van der Waals surface area contributed by atoms with Crippen molar-refractivity contribution in [3.05, 3.63) is 76.0 Å². The number of anilines is 1. The first kappa shape index (κ1) is 24.1. The van der Waals surface area contributed by atoms with Crippen LogP contribution < -0.4 is 15.8 Å². The van der Waals surface area contributed by atoms with Crippen molar-refractivity contribution in [2.75, 3.05) is 11.5 Å². The van der Waals surface area contributed by atoms with Crippen LogP contribution in [0.3, 0.4) is 0 Å². The molecule has 2 aromatic rings. The number of aliphatic hydroxyl groups is 2. The van der Waals surface area contributed by atoms with E-state index in [0.717, 1.165) is 0 Å². The van der Waals surface area contributed by atoms with Crippen molar-refractivity contribution in [3.63, 3.8) is 0 Å². The Morgan fingerprint density at radius 1 is 1.20 bits per heavy atom. The second-order valence-electron chi connectivity index (χ2n) is 8.34. The molecule has 3 atom stereocenters. The number of rotatable bonds is 5. The molecule has 2 heterocycles. The summed E-state index contributed by atoms with van der Waals surface area (Å²) >= 11 is 0. The van der Waals surface area contributed by atoms with Crippen molar-refractivity contribution in [2.24, 2.45) is 0 Å². The summed E-state index contributed by atoms with van der Waals surface area (Å²) in [5.41, 5.74) is 6.82. The number of hydrogen-bond donors (Lipinski definition) is 4. The third kappa shape index (κ3) is 3.76. The fraction of sp³-hybridized carbons (Fsp3) is 0.292. The van der Waals surface area contributed by atoms with E-state index in [2.05, 4.69) is 16.9 Å². The summed E-state index contributed by atoms with van der Waals surface area (Å²) in [6, 6.07) is 12.6. The van der Waals surface area contributed by atoms with Crippen molar-refractivity contribution in [1.29, 1.82) is 10.5 Å². The monoisotopic (exact) mass is 480 g/mol. The van der Waals surface area contributed by atoms with E-state index in [9.17, 15) is 34.3 Å². The average molecular weight is 480 g/mol. The fourth-order valence-electron chi connectivity index (χ4n) is 4.76. The summed E-state index contributed by atoms with van der Waals surface area (Å²) in [5.74, 6) is -1.34. The number of nitrogens with one attached hydrogen (secondary N) is 2. The van der Waals surface area contributed by atoms with Gasteiger partial charge in [0.25, 0.3) is 6.43 Å². The third-order valence-corrected chi connectivity index (χ3v) is 6.33. The molecule has 1 fully saturated rings. The van der Waals surface area contributed by atoms with Crippen LogP contribution in [-0.4, -0.2) is 33.5 Å². The first-order valence-corrected chi connectivity index (χ1v) is 10.7. The number of aliphatic hydroxyl groups excluding tert-OH is 2. The van der Waals surface area contributed by atoms with Gasteiger partial charge in [0, 0.05) is 16.9 Å². The smallest absolute Gasteiger partial charge is 0.335 e. The first-order valence-electron chi connectivity index (χ1n) is 10.7. The minimum absolute atomic E-state index is 0.125. The molecule has 2 aliphatic heterocycles. The zero-order valence-electron chi connectivity index (χ0n) is 18.8. The summed E-state index contributed by atoms with van der Waals surface area (Å²) in [6.45, 7) is 2.64. The lowest BCUT2D eigenvalue weighted by molar-refractivity contribution is 0.0882. The molecule has 2 unspecified atom stereocenters. The van der Waals surface area contributed by atoms with Crippen LogP contribution in [0.15, 0.2) is 53.7 Å². The van der Waals surface area contributed by atoms with Gasteiger partial charge in [-0.25, -0.2) is 13.6 Å². The Balaban J connectivity index is 1.99. The SMILES string of the molecule is CC1=C(C#N)[C@H](c2ccc(C#N)cc2C(O)CO)N2C(=O)NNC2(C)N1c1cccc(C(F)F)c1. The van der Waals surface area contributed by atoms with Gasteiger partial charge in [-0.1, -0.05) is 18.2 Å². The predicted molar refractivity (Wildman–Crippen MR) is 120 cm³/mol. The van der Waals surface area contributed by atoms with Crippen LogP contribution in [0, 0.1) is 22.7 Å². The van der Waals surface area contributed by atoms with Crippen LogP contribution in [0.1, 0.15) is 54.7 Å². The normalized spacial score (nSPS) is 22.5. The highest BCUT2D eigenvalue weighted by Gasteiger charge is 2.55. The zero-order valence-corrected chi connectivity index (χ0v) is 18.8. The fourth-order valence-corrected chi connectivity index (χ4v) is 4.76. The van der Waals surface area contributed by atoms with E-state index in [-0.39, 0.29) is 22.3 Å². The van der Waals surface area contributed by atoms with Gasteiger partial charge in [-0.15, -0.1) is 0 Å². The van der Waals surface area contributed by atoms with Crippen molar-refractivity contribution < 1.29 is 23.8 Å². The number of nitriles is 2. The standard InChI is InChI=1S/C24H22F2N6O3/c1-13-19(11-28)21(17-7-6-14(10-27)8-18(17)20(34)12-33)32-23(35)29-30-24(32,2)31(13)16-5-3-4-15(9-16)22(25)26/h3-9,20-22,30,33-34H,12H2,1-2H3,(H,29,35)/t20?,21-,24?/m0/s1. The van der Waals surface area contributed by atoms with Gasteiger partial charge in [-0.2, -0.15) is 15.9 Å². The summed E-state index contributed by atoms with van der Waals surface area (Å²) in [4.78, 5) is 16.0. The van der Waals surface area contributed by atoms with E-state index in [0.29, 0.717) is 16.9 Å². The number of amides is 2. The molecule has 2 aliphatic rings. The number of benzene rings is 2. The largest absolute Gasteiger partial charge is 0.393 e. The van der Waals surface area contributed by atoms with Gasteiger partial charge < -0.3 is 15.1 Å². The summed E-state index contributed by atoms with van der Waals surface area (Å²) < 4.78 is 26.9. The molecule has 180 valence electrons. The highest BCUT2D eigenvalue weighted by molar-refractivity contribution is 5.81. The van der Waals surface area contributed by atoms with E-state index < -0.39 is 37.0 Å². The molecule has 9 nitrogen and oxygen atoms in total. The van der Waals surface area contributed by atoms with Gasteiger partial charge in [0.05, 0.1) is 35.9 Å². The predicted octanol–water partition coefficient (Wildman–Crippen LogP) is 3.08. The Hall–Kier alpha value is -4.03. The Bertz CT molecular complexity index is 1300. The number of fused-ring (bicyclic) bond motifs is 1. The van der Waals surface area contributed by atoms with Crippen molar-refractivity contribution >= 4 is 11.7 Å². The molecule has 0 bridgehead atoms. The van der Waals surface area contributed by atoms with Gasteiger partial charge in [0.15, 0.2) is 5.79 Å².